The van der Waals surface area contributed by atoms with Crippen LogP contribution in [0.1, 0.15) is 29.3 Å². The third-order valence-corrected chi connectivity index (χ3v) is 3.46. The molecule has 1 aliphatic rings. The molecule has 1 amide bonds. The molecule has 3 N–H and O–H groups in total. The molecule has 2 rings (SSSR count). The maximum Gasteiger partial charge on any atom is 0.251 e. The maximum atomic E-state index is 12.2. The molecule has 1 aromatic rings. The van der Waals surface area contributed by atoms with E-state index >= 15 is 0 Å². The summed E-state index contributed by atoms with van der Waals surface area (Å²) in [6.07, 6.45) is 0.869. The van der Waals surface area contributed by atoms with Crippen molar-refractivity contribution >= 4 is 11.6 Å². The van der Waals surface area contributed by atoms with Gasteiger partial charge in [-0.1, -0.05) is 13.0 Å². The molecule has 0 saturated carbocycles. The molecule has 0 aliphatic carbocycles. The molecule has 2 atom stereocenters. The summed E-state index contributed by atoms with van der Waals surface area (Å²) in [7, 11) is 0. The number of carbonyl (C=O) groups is 1. The quantitative estimate of drug-likeness (QED) is 0.783. The Balaban J connectivity index is 2.09. The fraction of sp³-hybridized carbons (Fsp3) is 0.500. The van der Waals surface area contributed by atoms with Gasteiger partial charge in [-0.15, -0.1) is 0 Å². The maximum absolute atomic E-state index is 12.2. The fourth-order valence-electron chi connectivity index (χ4n) is 2.23. The number of benzene rings is 1. The Bertz CT molecular complexity index is 445. The van der Waals surface area contributed by atoms with Crippen molar-refractivity contribution < 1.29 is 9.53 Å². The lowest BCUT2D eigenvalue weighted by Crippen LogP contribution is -2.44. The Hall–Kier alpha value is -1.55. The molecule has 4 nitrogen and oxygen atoms in total. The van der Waals surface area contributed by atoms with Crippen LogP contribution < -0.4 is 11.1 Å². The van der Waals surface area contributed by atoms with Crippen molar-refractivity contribution in [3.63, 3.8) is 0 Å². The van der Waals surface area contributed by atoms with Crippen LogP contribution in [0.2, 0.25) is 0 Å². The number of nitrogens with one attached hydrogen (secondary N) is 1. The molecule has 1 fully saturated rings. The van der Waals surface area contributed by atoms with E-state index in [1.807, 2.05) is 19.1 Å². The minimum Gasteiger partial charge on any atom is -0.399 e. The smallest absolute Gasteiger partial charge is 0.251 e. The lowest BCUT2D eigenvalue weighted by atomic mass is 9.97. The van der Waals surface area contributed by atoms with E-state index < -0.39 is 0 Å². The molecule has 98 valence electrons. The second-order valence-electron chi connectivity index (χ2n) is 5.00. The van der Waals surface area contributed by atoms with Gasteiger partial charge in [0.2, 0.25) is 0 Å². The second-order valence-corrected chi connectivity index (χ2v) is 5.00. The summed E-state index contributed by atoms with van der Waals surface area (Å²) >= 11 is 0. The molecule has 0 aromatic heterocycles. The van der Waals surface area contributed by atoms with Crippen LogP contribution in [-0.4, -0.2) is 25.2 Å². The molecular weight excluding hydrogens is 228 g/mol. The third kappa shape index (κ3) is 2.82. The van der Waals surface area contributed by atoms with Crippen molar-refractivity contribution in [2.75, 3.05) is 18.9 Å². The van der Waals surface area contributed by atoms with Gasteiger partial charge in [0.15, 0.2) is 0 Å². The normalized spacial score (nSPS) is 23.7. The average Bonchev–Trinajstić information content (AvgIpc) is 2.35. The molecule has 1 aliphatic heterocycles. The zero-order valence-electron chi connectivity index (χ0n) is 10.9. The van der Waals surface area contributed by atoms with Gasteiger partial charge in [0.05, 0.1) is 6.61 Å². The highest BCUT2D eigenvalue weighted by Gasteiger charge is 2.24. The van der Waals surface area contributed by atoms with Gasteiger partial charge in [-0.3, -0.25) is 4.79 Å². The topological polar surface area (TPSA) is 64.4 Å². The minimum absolute atomic E-state index is 0.0430. The molecule has 2 unspecified atom stereocenters. The van der Waals surface area contributed by atoms with E-state index in [1.165, 1.54) is 0 Å². The third-order valence-electron chi connectivity index (χ3n) is 3.46. The van der Waals surface area contributed by atoms with E-state index in [0.717, 1.165) is 12.0 Å². The number of aryl methyl sites for hydroxylation is 1. The summed E-state index contributed by atoms with van der Waals surface area (Å²) in [6, 6.07) is 5.60. The predicted octanol–water partition coefficient (Wildman–Crippen LogP) is 1.73. The van der Waals surface area contributed by atoms with Crippen LogP contribution in [0.25, 0.3) is 0 Å². The van der Waals surface area contributed by atoms with Gasteiger partial charge in [-0.25, -0.2) is 0 Å². The number of hydrogen-bond acceptors (Lipinski definition) is 3. The first-order valence-corrected chi connectivity index (χ1v) is 6.32. The summed E-state index contributed by atoms with van der Waals surface area (Å²) in [5.41, 5.74) is 7.95. The molecule has 0 bridgehead atoms. The highest BCUT2D eigenvalue weighted by molar-refractivity contribution is 5.96. The van der Waals surface area contributed by atoms with Gasteiger partial charge in [-0.05, 0) is 37.0 Å². The summed E-state index contributed by atoms with van der Waals surface area (Å²) in [4.78, 5) is 12.2. The summed E-state index contributed by atoms with van der Waals surface area (Å²) in [5.74, 6) is 0.308. The van der Waals surface area contributed by atoms with Gasteiger partial charge < -0.3 is 15.8 Å². The van der Waals surface area contributed by atoms with E-state index in [0.29, 0.717) is 30.4 Å². The summed E-state index contributed by atoms with van der Waals surface area (Å²) in [5, 5.41) is 3.08. The average molecular weight is 248 g/mol. The Morgan fingerprint density at radius 1 is 1.50 bits per heavy atom. The largest absolute Gasteiger partial charge is 0.399 e. The lowest BCUT2D eigenvalue weighted by molar-refractivity contribution is 0.0375. The van der Waals surface area contributed by atoms with Crippen LogP contribution in [0.3, 0.4) is 0 Å². The second kappa shape index (κ2) is 5.40. The van der Waals surface area contributed by atoms with E-state index in [-0.39, 0.29) is 11.9 Å². The molecule has 18 heavy (non-hydrogen) atoms. The van der Waals surface area contributed by atoms with Crippen molar-refractivity contribution in [1.29, 1.82) is 0 Å². The van der Waals surface area contributed by atoms with E-state index in [4.69, 9.17) is 10.5 Å². The SMILES string of the molecule is Cc1ccc(N)cc1C(=O)NC1CCOCC1C. The number of carbonyl (C=O) groups excluding carboxylic acids is 1. The van der Waals surface area contributed by atoms with Gasteiger partial charge in [0, 0.05) is 23.9 Å². The predicted molar refractivity (Wildman–Crippen MR) is 71.4 cm³/mol. The molecular formula is C14H20N2O2. The Morgan fingerprint density at radius 2 is 2.28 bits per heavy atom. The minimum atomic E-state index is -0.0430. The zero-order valence-corrected chi connectivity index (χ0v) is 10.9. The van der Waals surface area contributed by atoms with Crippen LogP contribution in [0.5, 0.6) is 0 Å². The Kier molecular flexibility index (Phi) is 3.87. The first-order chi connectivity index (χ1) is 8.58. The highest BCUT2D eigenvalue weighted by atomic mass is 16.5. The highest BCUT2D eigenvalue weighted by Crippen LogP contribution is 2.17. The van der Waals surface area contributed by atoms with E-state index in [2.05, 4.69) is 12.2 Å². The number of rotatable bonds is 2. The molecule has 4 heteroatoms. The zero-order chi connectivity index (χ0) is 13.1. The number of hydrogen-bond donors (Lipinski definition) is 2. The van der Waals surface area contributed by atoms with Gasteiger partial charge in [-0.2, -0.15) is 0 Å². The number of nitrogens with two attached hydrogens (primary N) is 1. The van der Waals surface area contributed by atoms with Crippen molar-refractivity contribution in [2.24, 2.45) is 5.92 Å². The number of nitrogen functional groups attached to an aromatic ring is 1. The van der Waals surface area contributed by atoms with Gasteiger partial charge in [0.25, 0.3) is 5.91 Å². The Morgan fingerprint density at radius 3 is 3.00 bits per heavy atom. The van der Waals surface area contributed by atoms with E-state index in [9.17, 15) is 4.79 Å². The molecule has 1 saturated heterocycles. The van der Waals surface area contributed by atoms with Crippen molar-refractivity contribution in [1.82, 2.24) is 5.32 Å². The molecule has 1 heterocycles. The van der Waals surface area contributed by atoms with Gasteiger partial charge >= 0.3 is 0 Å². The standard InChI is InChI=1S/C14H20N2O2/c1-9-3-4-11(15)7-12(9)14(17)16-13-5-6-18-8-10(13)2/h3-4,7,10,13H,5-6,8,15H2,1-2H3,(H,16,17). The van der Waals surface area contributed by atoms with Crippen LogP contribution >= 0.6 is 0 Å². The summed E-state index contributed by atoms with van der Waals surface area (Å²) in [6.45, 7) is 5.43. The molecule has 0 spiro atoms. The van der Waals surface area contributed by atoms with Crippen LogP contribution in [0.15, 0.2) is 18.2 Å². The van der Waals surface area contributed by atoms with Crippen LogP contribution in [-0.2, 0) is 4.74 Å². The first-order valence-electron chi connectivity index (χ1n) is 6.32. The number of anilines is 1. The van der Waals surface area contributed by atoms with Crippen LogP contribution in [0, 0.1) is 12.8 Å². The number of ether oxygens (including phenoxy) is 1. The molecule has 1 aromatic carbocycles. The van der Waals surface area contributed by atoms with E-state index in [1.54, 1.807) is 6.07 Å². The first kappa shape index (κ1) is 12.9. The number of amides is 1. The lowest BCUT2D eigenvalue weighted by Gasteiger charge is -2.29. The molecule has 0 radical (unpaired) electrons. The Labute approximate surface area is 108 Å². The van der Waals surface area contributed by atoms with Gasteiger partial charge in [0.1, 0.15) is 0 Å². The monoisotopic (exact) mass is 248 g/mol. The van der Waals surface area contributed by atoms with Crippen molar-refractivity contribution in [3.05, 3.63) is 29.3 Å². The summed E-state index contributed by atoms with van der Waals surface area (Å²) < 4.78 is 5.37. The van der Waals surface area contributed by atoms with Crippen molar-refractivity contribution in [2.45, 2.75) is 26.3 Å². The van der Waals surface area contributed by atoms with Crippen molar-refractivity contribution in [3.8, 4) is 0 Å². The van der Waals surface area contributed by atoms with Crippen LogP contribution in [0.4, 0.5) is 5.69 Å². The fourth-order valence-corrected chi connectivity index (χ4v) is 2.23.